The number of nitrogens with one attached hydrogen (secondary N) is 2. The smallest absolute Gasteiger partial charge is 0.261 e. The van der Waals surface area contributed by atoms with Crippen LogP contribution in [0.1, 0.15) is 41.0 Å². The molecular weight excluding hydrogens is 366 g/mol. The fourth-order valence-corrected chi connectivity index (χ4v) is 3.76. The SMILES string of the molecule is CCN[C@H](C)CNS(=O)(=O)CCCN1C(=O)c2ccccc2C1=O.Cl. The zero-order valence-corrected chi connectivity index (χ0v) is 16.0. The van der Waals surface area contributed by atoms with Crippen molar-refractivity contribution >= 4 is 34.2 Å². The van der Waals surface area contributed by atoms with Crippen LogP contribution in [0.5, 0.6) is 0 Å². The second-order valence-electron chi connectivity index (χ2n) is 5.79. The molecule has 0 bridgehead atoms. The molecule has 1 atom stereocenters. The quantitative estimate of drug-likeness (QED) is 0.614. The summed E-state index contributed by atoms with van der Waals surface area (Å²) in [6.07, 6.45) is 0.205. The third-order valence-electron chi connectivity index (χ3n) is 3.83. The molecule has 0 fully saturated rings. The molecule has 0 saturated carbocycles. The van der Waals surface area contributed by atoms with Crippen molar-refractivity contribution in [3.05, 3.63) is 35.4 Å². The van der Waals surface area contributed by atoms with Crippen molar-refractivity contribution in [2.24, 2.45) is 0 Å². The first kappa shape index (κ1) is 21.6. The highest BCUT2D eigenvalue weighted by Crippen LogP contribution is 2.22. The van der Waals surface area contributed by atoms with E-state index in [0.717, 1.165) is 11.4 Å². The Labute approximate surface area is 154 Å². The van der Waals surface area contributed by atoms with E-state index >= 15 is 0 Å². The van der Waals surface area contributed by atoms with E-state index in [1.165, 1.54) is 0 Å². The molecular formula is C16H24ClN3O4S. The van der Waals surface area contributed by atoms with Crippen LogP contribution >= 0.6 is 12.4 Å². The maximum Gasteiger partial charge on any atom is 0.261 e. The number of rotatable bonds is 9. The van der Waals surface area contributed by atoms with Gasteiger partial charge in [-0.15, -0.1) is 12.4 Å². The van der Waals surface area contributed by atoms with E-state index in [-0.39, 0.29) is 49.0 Å². The summed E-state index contributed by atoms with van der Waals surface area (Å²) in [6, 6.07) is 6.66. The van der Waals surface area contributed by atoms with E-state index in [2.05, 4.69) is 10.0 Å². The van der Waals surface area contributed by atoms with Gasteiger partial charge >= 0.3 is 0 Å². The van der Waals surface area contributed by atoms with Crippen LogP contribution in [0, 0.1) is 0 Å². The predicted octanol–water partition coefficient (Wildman–Crippen LogP) is 1.01. The molecule has 2 N–H and O–H groups in total. The lowest BCUT2D eigenvalue weighted by Crippen LogP contribution is -2.40. The number of imide groups is 1. The molecule has 2 amide bonds. The summed E-state index contributed by atoms with van der Waals surface area (Å²) in [4.78, 5) is 25.5. The molecule has 0 aromatic heterocycles. The van der Waals surface area contributed by atoms with Crippen LogP contribution < -0.4 is 10.0 Å². The summed E-state index contributed by atoms with van der Waals surface area (Å²) in [6.45, 7) is 5.01. The molecule has 1 heterocycles. The predicted molar refractivity (Wildman–Crippen MR) is 98.6 cm³/mol. The molecule has 0 saturated heterocycles. The molecule has 0 aliphatic carbocycles. The van der Waals surface area contributed by atoms with E-state index in [1.807, 2.05) is 13.8 Å². The Kier molecular flexibility index (Phi) is 8.01. The summed E-state index contributed by atoms with van der Waals surface area (Å²) in [5, 5.41) is 3.12. The first-order chi connectivity index (χ1) is 11.4. The number of fused-ring (bicyclic) bond motifs is 1. The Hall–Kier alpha value is -1.48. The van der Waals surface area contributed by atoms with Gasteiger partial charge in [0.2, 0.25) is 10.0 Å². The van der Waals surface area contributed by atoms with Gasteiger partial charge in [0, 0.05) is 19.1 Å². The van der Waals surface area contributed by atoms with E-state index in [4.69, 9.17) is 0 Å². The van der Waals surface area contributed by atoms with Gasteiger partial charge < -0.3 is 5.32 Å². The Balaban J connectivity index is 0.00000312. The number of hydrogen-bond acceptors (Lipinski definition) is 5. The molecule has 0 unspecified atom stereocenters. The standard InChI is InChI=1S/C16H23N3O4S.ClH/c1-3-17-12(2)11-18-24(22,23)10-6-9-19-15(20)13-7-4-5-8-14(13)16(19)21;/h4-5,7-8,12,17-18H,3,6,9-11H2,1-2H3;1H/t12-;/m1./s1. The fourth-order valence-electron chi connectivity index (χ4n) is 2.60. The van der Waals surface area contributed by atoms with Crippen LogP contribution in [0.3, 0.4) is 0 Å². The number of carbonyl (C=O) groups is 2. The van der Waals surface area contributed by atoms with Gasteiger partial charge in [-0.1, -0.05) is 19.1 Å². The molecule has 140 valence electrons. The number of hydrogen-bond donors (Lipinski definition) is 2. The van der Waals surface area contributed by atoms with Crippen LogP contribution in [0.25, 0.3) is 0 Å². The first-order valence-corrected chi connectivity index (χ1v) is 9.67. The van der Waals surface area contributed by atoms with Crippen molar-refractivity contribution in [2.45, 2.75) is 26.3 Å². The summed E-state index contributed by atoms with van der Waals surface area (Å²) < 4.78 is 26.5. The second kappa shape index (κ2) is 9.28. The summed E-state index contributed by atoms with van der Waals surface area (Å²) >= 11 is 0. The Morgan fingerprint density at radius 2 is 1.68 bits per heavy atom. The third kappa shape index (κ3) is 5.50. The van der Waals surface area contributed by atoms with Crippen LogP contribution in [0.2, 0.25) is 0 Å². The van der Waals surface area contributed by atoms with Crippen molar-refractivity contribution in [3.63, 3.8) is 0 Å². The second-order valence-corrected chi connectivity index (χ2v) is 7.71. The van der Waals surface area contributed by atoms with Gasteiger partial charge in [-0.3, -0.25) is 14.5 Å². The molecule has 9 heteroatoms. The maximum absolute atomic E-state index is 12.2. The van der Waals surface area contributed by atoms with E-state index in [9.17, 15) is 18.0 Å². The van der Waals surface area contributed by atoms with Crippen molar-refractivity contribution < 1.29 is 18.0 Å². The first-order valence-electron chi connectivity index (χ1n) is 8.01. The van der Waals surface area contributed by atoms with Crippen LogP contribution in [-0.4, -0.2) is 56.6 Å². The highest BCUT2D eigenvalue weighted by atomic mass is 35.5. The van der Waals surface area contributed by atoms with Gasteiger partial charge in [0.25, 0.3) is 11.8 Å². The summed E-state index contributed by atoms with van der Waals surface area (Å²) in [5.41, 5.74) is 0.755. The lowest BCUT2D eigenvalue weighted by molar-refractivity contribution is 0.0654. The average Bonchev–Trinajstić information content (AvgIpc) is 2.79. The van der Waals surface area contributed by atoms with Gasteiger partial charge in [0.15, 0.2) is 0 Å². The lowest BCUT2D eigenvalue weighted by Gasteiger charge is -2.15. The number of likely N-dealkylation sites (N-methyl/N-ethyl adjacent to an activating group) is 1. The number of nitrogens with zero attached hydrogens (tertiary/aromatic N) is 1. The Bertz CT molecular complexity index is 689. The molecule has 25 heavy (non-hydrogen) atoms. The normalized spacial score (nSPS) is 15.0. The Morgan fingerprint density at radius 1 is 1.12 bits per heavy atom. The van der Waals surface area contributed by atoms with Crippen LogP contribution in [0.4, 0.5) is 0 Å². The highest BCUT2D eigenvalue weighted by molar-refractivity contribution is 7.89. The monoisotopic (exact) mass is 389 g/mol. The van der Waals surface area contributed by atoms with Crippen molar-refractivity contribution in [1.29, 1.82) is 0 Å². The highest BCUT2D eigenvalue weighted by Gasteiger charge is 2.34. The topological polar surface area (TPSA) is 95.6 Å². The number of sulfonamides is 1. The minimum atomic E-state index is -3.43. The van der Waals surface area contributed by atoms with Crippen molar-refractivity contribution in [3.8, 4) is 0 Å². The van der Waals surface area contributed by atoms with Gasteiger partial charge in [0.05, 0.1) is 16.9 Å². The molecule has 1 aromatic rings. The summed E-state index contributed by atoms with van der Waals surface area (Å²) in [7, 11) is -3.43. The molecule has 0 spiro atoms. The molecule has 1 aliphatic heterocycles. The van der Waals surface area contributed by atoms with Gasteiger partial charge in [-0.05, 0) is 32.0 Å². The molecule has 1 aromatic carbocycles. The average molecular weight is 390 g/mol. The third-order valence-corrected chi connectivity index (χ3v) is 5.27. The maximum atomic E-state index is 12.2. The number of carbonyl (C=O) groups excluding carboxylic acids is 2. The number of benzene rings is 1. The summed E-state index contributed by atoms with van der Waals surface area (Å²) in [5.74, 6) is -0.845. The largest absolute Gasteiger partial charge is 0.313 e. The van der Waals surface area contributed by atoms with Crippen LogP contribution in [-0.2, 0) is 10.0 Å². The van der Waals surface area contributed by atoms with E-state index in [0.29, 0.717) is 17.7 Å². The van der Waals surface area contributed by atoms with Crippen molar-refractivity contribution in [1.82, 2.24) is 14.9 Å². The van der Waals surface area contributed by atoms with Gasteiger partial charge in [-0.25, -0.2) is 13.1 Å². The van der Waals surface area contributed by atoms with Gasteiger partial charge in [0.1, 0.15) is 0 Å². The molecule has 7 nitrogen and oxygen atoms in total. The van der Waals surface area contributed by atoms with Crippen LogP contribution in [0.15, 0.2) is 24.3 Å². The van der Waals surface area contributed by atoms with Gasteiger partial charge in [-0.2, -0.15) is 0 Å². The zero-order chi connectivity index (χ0) is 17.7. The molecule has 1 aliphatic rings. The molecule has 0 radical (unpaired) electrons. The lowest BCUT2D eigenvalue weighted by atomic mass is 10.1. The van der Waals surface area contributed by atoms with E-state index < -0.39 is 10.0 Å². The van der Waals surface area contributed by atoms with Crippen molar-refractivity contribution in [2.75, 3.05) is 25.4 Å². The zero-order valence-electron chi connectivity index (χ0n) is 14.3. The van der Waals surface area contributed by atoms with E-state index in [1.54, 1.807) is 24.3 Å². The minimum Gasteiger partial charge on any atom is -0.313 e. The minimum absolute atomic E-state index is 0. The Morgan fingerprint density at radius 3 is 2.20 bits per heavy atom. The number of amides is 2. The number of halogens is 1. The fraction of sp³-hybridized carbons (Fsp3) is 0.500. The molecule has 2 rings (SSSR count).